The number of halogens is 1. The van der Waals surface area contributed by atoms with Crippen molar-refractivity contribution in [1.82, 2.24) is 10.2 Å². The Kier molecular flexibility index (Phi) is 10.3. The molecule has 3 aromatic rings. The van der Waals surface area contributed by atoms with Gasteiger partial charge in [-0.2, -0.15) is 0 Å². The molecule has 1 N–H and O–H groups in total. The number of anilines is 1. The maximum atomic E-state index is 14.2. The van der Waals surface area contributed by atoms with Gasteiger partial charge in [-0.3, -0.25) is 13.9 Å². The summed E-state index contributed by atoms with van der Waals surface area (Å²) in [6.45, 7) is -0.386. The van der Waals surface area contributed by atoms with Crippen LogP contribution in [0.25, 0.3) is 0 Å². The fourth-order valence-electron chi connectivity index (χ4n) is 5.09. The number of hydrogen-bond donors (Lipinski definition) is 1. The van der Waals surface area contributed by atoms with E-state index in [0.29, 0.717) is 16.5 Å². The molecule has 1 aliphatic carbocycles. The van der Waals surface area contributed by atoms with Gasteiger partial charge in [0.05, 0.1) is 19.1 Å². The third-order valence-corrected chi connectivity index (χ3v) is 8.65. The second-order valence-electron chi connectivity index (χ2n) is 10.3. The van der Waals surface area contributed by atoms with E-state index in [2.05, 4.69) is 5.32 Å². The maximum absolute atomic E-state index is 14.2. The van der Waals surface area contributed by atoms with Crippen LogP contribution in [0.15, 0.2) is 78.9 Å². The number of nitrogens with zero attached hydrogens (tertiary/aromatic N) is 2. The van der Waals surface area contributed by atoms with E-state index in [1.807, 2.05) is 30.3 Å². The van der Waals surface area contributed by atoms with Crippen LogP contribution < -0.4 is 14.4 Å². The van der Waals surface area contributed by atoms with Crippen molar-refractivity contribution in [2.75, 3.05) is 24.2 Å². The highest BCUT2D eigenvalue weighted by atomic mass is 35.5. The monoisotopic (exact) mass is 597 g/mol. The zero-order valence-electron chi connectivity index (χ0n) is 23.3. The second-order valence-corrected chi connectivity index (χ2v) is 12.7. The van der Waals surface area contributed by atoms with E-state index in [1.54, 1.807) is 48.5 Å². The highest BCUT2D eigenvalue weighted by Gasteiger charge is 2.34. The van der Waals surface area contributed by atoms with Crippen molar-refractivity contribution in [3.8, 4) is 5.75 Å². The van der Waals surface area contributed by atoms with Gasteiger partial charge >= 0.3 is 0 Å². The Morgan fingerprint density at radius 1 is 0.976 bits per heavy atom. The van der Waals surface area contributed by atoms with E-state index in [1.165, 1.54) is 12.0 Å². The Labute approximate surface area is 247 Å². The summed E-state index contributed by atoms with van der Waals surface area (Å²) in [5, 5.41) is 3.71. The van der Waals surface area contributed by atoms with E-state index in [0.717, 1.165) is 47.4 Å². The minimum absolute atomic E-state index is 0.0533. The third kappa shape index (κ3) is 8.47. The molecule has 1 saturated carbocycles. The topological polar surface area (TPSA) is 96.0 Å². The fourth-order valence-corrected chi connectivity index (χ4v) is 6.05. The standard InChI is InChI=1S/C31H36ClN3O5S/c1-40-28-14-8-13-27(20-28)35(41(2,38)39)22-30(36)34(21-24-15-17-25(32)18-16-24)29(19-23-9-4-3-5-10-23)31(37)33-26-11-6-7-12-26/h3-5,8-10,13-18,20,26,29H,6-7,11-12,19,21-22H2,1-2H3,(H,33,37). The molecule has 0 heterocycles. The van der Waals surface area contributed by atoms with Crippen LogP contribution >= 0.6 is 11.6 Å². The van der Waals surface area contributed by atoms with Crippen LogP contribution in [0, 0.1) is 0 Å². The molecule has 1 unspecified atom stereocenters. The first-order chi connectivity index (χ1) is 19.6. The average molecular weight is 598 g/mol. The molecule has 0 aromatic heterocycles. The molecule has 0 radical (unpaired) electrons. The zero-order valence-corrected chi connectivity index (χ0v) is 24.9. The predicted octanol–water partition coefficient (Wildman–Crippen LogP) is 4.81. The van der Waals surface area contributed by atoms with Gasteiger partial charge in [0, 0.05) is 30.1 Å². The van der Waals surface area contributed by atoms with Crippen molar-refractivity contribution in [3.63, 3.8) is 0 Å². The summed E-state index contributed by atoms with van der Waals surface area (Å²) in [6.07, 6.45) is 5.21. The Morgan fingerprint density at radius 2 is 1.66 bits per heavy atom. The summed E-state index contributed by atoms with van der Waals surface area (Å²) < 4.78 is 32.2. The van der Waals surface area contributed by atoms with Crippen molar-refractivity contribution >= 4 is 39.1 Å². The average Bonchev–Trinajstić information content (AvgIpc) is 3.47. The Morgan fingerprint density at radius 3 is 2.29 bits per heavy atom. The first-order valence-electron chi connectivity index (χ1n) is 13.6. The number of carbonyl (C=O) groups is 2. The number of benzene rings is 3. The number of ether oxygens (including phenoxy) is 1. The minimum Gasteiger partial charge on any atom is -0.497 e. The molecule has 0 saturated heterocycles. The molecule has 3 aromatic carbocycles. The minimum atomic E-state index is -3.86. The molecule has 10 heteroatoms. The molecule has 2 amide bonds. The molecule has 1 aliphatic rings. The molecule has 218 valence electrons. The first-order valence-corrected chi connectivity index (χ1v) is 15.9. The molecule has 4 rings (SSSR count). The van der Waals surface area contributed by atoms with Crippen molar-refractivity contribution in [2.24, 2.45) is 0 Å². The molecule has 1 atom stereocenters. The summed E-state index contributed by atoms with van der Waals surface area (Å²) in [4.78, 5) is 29.5. The normalized spacial score (nSPS) is 14.3. The quantitative estimate of drug-likeness (QED) is 0.323. The van der Waals surface area contributed by atoms with Crippen LogP contribution in [0.4, 0.5) is 5.69 Å². The Hall–Kier alpha value is -3.56. The van der Waals surface area contributed by atoms with Crippen LogP contribution in [0.5, 0.6) is 5.75 Å². The van der Waals surface area contributed by atoms with Gasteiger partial charge in [0.1, 0.15) is 18.3 Å². The fraction of sp³-hybridized carbons (Fsp3) is 0.355. The Bertz CT molecular complexity index is 1430. The van der Waals surface area contributed by atoms with Gasteiger partial charge in [0.25, 0.3) is 0 Å². The summed E-state index contributed by atoms with van der Waals surface area (Å²) in [7, 11) is -2.38. The summed E-state index contributed by atoms with van der Waals surface area (Å²) >= 11 is 6.11. The van der Waals surface area contributed by atoms with Crippen LogP contribution in [0.3, 0.4) is 0 Å². The van der Waals surface area contributed by atoms with Gasteiger partial charge in [-0.1, -0.05) is 73.0 Å². The van der Waals surface area contributed by atoms with E-state index in [-0.39, 0.29) is 24.9 Å². The van der Waals surface area contributed by atoms with Gasteiger partial charge in [0.2, 0.25) is 21.8 Å². The van der Waals surface area contributed by atoms with Crippen LogP contribution in [-0.2, 0) is 32.6 Å². The lowest BCUT2D eigenvalue weighted by molar-refractivity contribution is -0.140. The number of sulfonamides is 1. The number of carbonyl (C=O) groups excluding carboxylic acids is 2. The molecule has 1 fully saturated rings. The van der Waals surface area contributed by atoms with Crippen LogP contribution in [-0.4, -0.2) is 57.1 Å². The van der Waals surface area contributed by atoms with Gasteiger partial charge in [-0.15, -0.1) is 0 Å². The molecule has 0 aliphatic heterocycles. The van der Waals surface area contributed by atoms with Gasteiger partial charge in [-0.05, 0) is 48.2 Å². The lowest BCUT2D eigenvalue weighted by atomic mass is 10.0. The third-order valence-electron chi connectivity index (χ3n) is 7.26. The lowest BCUT2D eigenvalue weighted by Crippen LogP contribution is -2.54. The number of nitrogens with one attached hydrogen (secondary N) is 1. The van der Waals surface area contributed by atoms with E-state index in [4.69, 9.17) is 16.3 Å². The SMILES string of the molecule is COc1cccc(N(CC(=O)N(Cc2ccc(Cl)cc2)C(Cc2ccccc2)C(=O)NC2CCCC2)S(C)(=O)=O)c1. The van der Waals surface area contributed by atoms with Crippen molar-refractivity contribution in [3.05, 3.63) is 95.0 Å². The summed E-state index contributed by atoms with van der Waals surface area (Å²) in [5.41, 5.74) is 1.95. The second kappa shape index (κ2) is 13.9. The highest BCUT2D eigenvalue weighted by Crippen LogP contribution is 2.25. The lowest BCUT2D eigenvalue weighted by Gasteiger charge is -2.34. The molecule has 0 spiro atoms. The number of amides is 2. The smallest absolute Gasteiger partial charge is 0.244 e. The van der Waals surface area contributed by atoms with Crippen LogP contribution in [0.2, 0.25) is 5.02 Å². The van der Waals surface area contributed by atoms with E-state index >= 15 is 0 Å². The molecular weight excluding hydrogens is 562 g/mol. The molecule has 0 bridgehead atoms. The zero-order chi connectivity index (χ0) is 29.4. The predicted molar refractivity (Wildman–Crippen MR) is 162 cm³/mol. The number of rotatable bonds is 12. The number of hydrogen-bond acceptors (Lipinski definition) is 5. The maximum Gasteiger partial charge on any atom is 0.244 e. The molecule has 8 nitrogen and oxygen atoms in total. The largest absolute Gasteiger partial charge is 0.497 e. The van der Waals surface area contributed by atoms with Crippen molar-refractivity contribution in [2.45, 2.75) is 50.7 Å². The van der Waals surface area contributed by atoms with Crippen LogP contribution in [0.1, 0.15) is 36.8 Å². The van der Waals surface area contributed by atoms with E-state index < -0.39 is 28.5 Å². The summed E-state index contributed by atoms with van der Waals surface area (Å²) in [5.74, 6) is -0.300. The van der Waals surface area contributed by atoms with E-state index in [9.17, 15) is 18.0 Å². The Balaban J connectivity index is 1.72. The van der Waals surface area contributed by atoms with Crippen molar-refractivity contribution < 1.29 is 22.7 Å². The van der Waals surface area contributed by atoms with Crippen molar-refractivity contribution in [1.29, 1.82) is 0 Å². The first kappa shape index (κ1) is 30.4. The van der Waals surface area contributed by atoms with Gasteiger partial charge in [-0.25, -0.2) is 8.42 Å². The number of methoxy groups -OCH3 is 1. The van der Waals surface area contributed by atoms with Gasteiger partial charge < -0.3 is 15.0 Å². The van der Waals surface area contributed by atoms with Gasteiger partial charge in [0.15, 0.2) is 0 Å². The summed E-state index contributed by atoms with van der Waals surface area (Å²) in [6, 6.07) is 22.3. The highest BCUT2D eigenvalue weighted by molar-refractivity contribution is 7.92. The molecular formula is C31H36ClN3O5S. The molecule has 41 heavy (non-hydrogen) atoms.